The standard InChI is InChI=1S/C13H19N5O/c1-2-7-17-13(19)18(12(14)15)9-4-6-11-5-3-8-16-10-11/h2-3,5,8,10H,1,4,6-7,9H2,(H3,14,15)(H,17,19). The number of hydrogen-bond acceptors (Lipinski definition) is 3. The number of aromatic nitrogens is 1. The van der Waals surface area contributed by atoms with E-state index in [0.29, 0.717) is 19.5 Å². The Kier molecular flexibility index (Phi) is 6.08. The minimum Gasteiger partial charge on any atom is -0.370 e. The van der Waals surface area contributed by atoms with Crippen molar-refractivity contribution in [2.24, 2.45) is 5.73 Å². The molecule has 0 aliphatic carbocycles. The van der Waals surface area contributed by atoms with E-state index in [-0.39, 0.29) is 12.0 Å². The second-order valence-electron chi connectivity index (χ2n) is 3.98. The van der Waals surface area contributed by atoms with Crippen molar-refractivity contribution in [3.8, 4) is 0 Å². The fourth-order valence-electron chi connectivity index (χ4n) is 1.57. The first-order chi connectivity index (χ1) is 9.15. The third kappa shape index (κ3) is 5.20. The Hall–Kier alpha value is -2.37. The molecular formula is C13H19N5O. The molecule has 0 fully saturated rings. The lowest BCUT2D eigenvalue weighted by atomic mass is 10.1. The second kappa shape index (κ2) is 7.86. The molecule has 6 heteroatoms. The summed E-state index contributed by atoms with van der Waals surface area (Å²) in [5.74, 6) is -0.257. The van der Waals surface area contributed by atoms with E-state index in [1.54, 1.807) is 18.5 Å². The predicted molar refractivity (Wildman–Crippen MR) is 74.8 cm³/mol. The predicted octanol–water partition coefficient (Wildman–Crippen LogP) is 1.11. The summed E-state index contributed by atoms with van der Waals surface area (Å²) >= 11 is 0. The van der Waals surface area contributed by atoms with Gasteiger partial charge in [-0.3, -0.25) is 15.3 Å². The summed E-state index contributed by atoms with van der Waals surface area (Å²) in [4.78, 5) is 17.0. The summed E-state index contributed by atoms with van der Waals surface area (Å²) in [6.45, 7) is 4.26. The smallest absolute Gasteiger partial charge is 0.324 e. The molecule has 1 aromatic heterocycles. The van der Waals surface area contributed by atoms with Gasteiger partial charge in [-0.1, -0.05) is 12.1 Å². The van der Waals surface area contributed by atoms with Crippen LogP contribution < -0.4 is 11.1 Å². The lowest BCUT2D eigenvalue weighted by Crippen LogP contribution is -2.47. The Morgan fingerprint density at radius 1 is 1.63 bits per heavy atom. The highest BCUT2D eigenvalue weighted by Crippen LogP contribution is 2.02. The number of carbonyl (C=O) groups is 1. The van der Waals surface area contributed by atoms with Gasteiger partial charge in [0.05, 0.1) is 0 Å². The van der Waals surface area contributed by atoms with Crippen LogP contribution in [0.1, 0.15) is 12.0 Å². The highest BCUT2D eigenvalue weighted by Gasteiger charge is 2.14. The summed E-state index contributed by atoms with van der Waals surface area (Å²) < 4.78 is 0. The molecule has 0 spiro atoms. The van der Waals surface area contributed by atoms with Crippen LogP contribution in [-0.2, 0) is 6.42 Å². The lowest BCUT2D eigenvalue weighted by Gasteiger charge is -2.20. The fraction of sp³-hybridized carbons (Fsp3) is 0.308. The van der Waals surface area contributed by atoms with Gasteiger partial charge in [0.15, 0.2) is 5.96 Å². The summed E-state index contributed by atoms with van der Waals surface area (Å²) in [5.41, 5.74) is 6.49. The van der Waals surface area contributed by atoms with Crippen LogP contribution in [0.25, 0.3) is 0 Å². The Labute approximate surface area is 112 Å². The van der Waals surface area contributed by atoms with Crippen LogP contribution in [0.4, 0.5) is 4.79 Å². The first-order valence-corrected chi connectivity index (χ1v) is 6.04. The van der Waals surface area contributed by atoms with E-state index in [1.165, 1.54) is 4.90 Å². The molecule has 1 heterocycles. The maximum absolute atomic E-state index is 11.7. The second-order valence-corrected chi connectivity index (χ2v) is 3.98. The SMILES string of the molecule is C=CCNC(=O)N(CCCc1cccnc1)C(=N)N. The van der Waals surface area contributed by atoms with E-state index in [2.05, 4.69) is 16.9 Å². The molecule has 0 aliphatic heterocycles. The van der Waals surface area contributed by atoms with Crippen LogP contribution in [-0.4, -0.2) is 35.0 Å². The van der Waals surface area contributed by atoms with Crippen molar-refractivity contribution >= 4 is 12.0 Å². The van der Waals surface area contributed by atoms with Gasteiger partial charge in [-0.2, -0.15) is 0 Å². The van der Waals surface area contributed by atoms with Crippen molar-refractivity contribution in [2.75, 3.05) is 13.1 Å². The van der Waals surface area contributed by atoms with Gasteiger partial charge in [0, 0.05) is 25.5 Å². The number of guanidine groups is 1. The number of nitrogens with one attached hydrogen (secondary N) is 2. The first-order valence-electron chi connectivity index (χ1n) is 6.04. The number of nitrogens with zero attached hydrogens (tertiary/aromatic N) is 2. The Morgan fingerprint density at radius 2 is 2.42 bits per heavy atom. The van der Waals surface area contributed by atoms with E-state index in [9.17, 15) is 4.79 Å². The highest BCUT2D eigenvalue weighted by atomic mass is 16.2. The minimum absolute atomic E-state index is 0.257. The molecule has 102 valence electrons. The molecular weight excluding hydrogens is 242 g/mol. The van der Waals surface area contributed by atoms with Crippen molar-refractivity contribution in [2.45, 2.75) is 12.8 Å². The van der Waals surface area contributed by atoms with Crippen LogP contribution in [0.3, 0.4) is 0 Å². The molecule has 0 saturated carbocycles. The van der Waals surface area contributed by atoms with E-state index in [0.717, 1.165) is 12.0 Å². The average Bonchev–Trinajstić information content (AvgIpc) is 2.41. The molecule has 6 nitrogen and oxygen atoms in total. The molecule has 0 radical (unpaired) electrons. The van der Waals surface area contributed by atoms with E-state index in [4.69, 9.17) is 11.1 Å². The monoisotopic (exact) mass is 261 g/mol. The van der Waals surface area contributed by atoms with Crippen LogP contribution in [0.15, 0.2) is 37.2 Å². The fourth-order valence-corrected chi connectivity index (χ4v) is 1.57. The van der Waals surface area contributed by atoms with Gasteiger partial charge in [0.25, 0.3) is 0 Å². The molecule has 0 aliphatic rings. The number of hydrogen-bond donors (Lipinski definition) is 3. The number of rotatable bonds is 6. The molecule has 4 N–H and O–H groups in total. The van der Waals surface area contributed by atoms with E-state index in [1.807, 2.05) is 12.1 Å². The third-order valence-corrected chi connectivity index (χ3v) is 2.50. The number of carbonyl (C=O) groups excluding carboxylic acids is 1. The van der Waals surface area contributed by atoms with Crippen LogP contribution >= 0.6 is 0 Å². The van der Waals surface area contributed by atoms with Crippen molar-refractivity contribution in [1.29, 1.82) is 5.41 Å². The number of aryl methyl sites for hydroxylation is 1. The summed E-state index contributed by atoms with van der Waals surface area (Å²) in [5, 5.41) is 10.0. The molecule has 2 amide bonds. The molecule has 1 aromatic rings. The van der Waals surface area contributed by atoms with Gasteiger partial charge in [-0.25, -0.2) is 4.79 Å². The van der Waals surface area contributed by atoms with E-state index < -0.39 is 0 Å². The average molecular weight is 261 g/mol. The van der Waals surface area contributed by atoms with Gasteiger partial charge in [-0.15, -0.1) is 6.58 Å². The van der Waals surface area contributed by atoms with Crippen molar-refractivity contribution in [1.82, 2.24) is 15.2 Å². The summed E-state index contributed by atoms with van der Waals surface area (Å²) in [6, 6.07) is 3.47. The maximum Gasteiger partial charge on any atom is 0.324 e. The normalized spacial score (nSPS) is 9.68. The van der Waals surface area contributed by atoms with Crippen LogP contribution in [0, 0.1) is 5.41 Å². The summed E-state index contributed by atoms with van der Waals surface area (Å²) in [7, 11) is 0. The van der Waals surface area contributed by atoms with Gasteiger partial charge in [0.2, 0.25) is 0 Å². The Morgan fingerprint density at radius 3 is 3.00 bits per heavy atom. The zero-order valence-electron chi connectivity index (χ0n) is 10.8. The largest absolute Gasteiger partial charge is 0.370 e. The summed E-state index contributed by atoms with van der Waals surface area (Å²) in [6.07, 6.45) is 6.58. The van der Waals surface area contributed by atoms with Crippen LogP contribution in [0.5, 0.6) is 0 Å². The lowest BCUT2D eigenvalue weighted by molar-refractivity contribution is 0.221. The van der Waals surface area contributed by atoms with Crippen LogP contribution in [0.2, 0.25) is 0 Å². The number of amides is 2. The topological polar surface area (TPSA) is 95.1 Å². The van der Waals surface area contributed by atoms with Gasteiger partial charge >= 0.3 is 6.03 Å². The first kappa shape index (κ1) is 14.7. The van der Waals surface area contributed by atoms with Gasteiger partial charge in [0.1, 0.15) is 0 Å². The molecule has 0 bridgehead atoms. The molecule has 0 atom stereocenters. The Bertz CT molecular complexity index is 432. The van der Waals surface area contributed by atoms with Gasteiger partial charge in [-0.05, 0) is 24.5 Å². The molecule has 0 aromatic carbocycles. The molecule has 0 unspecified atom stereocenters. The third-order valence-electron chi connectivity index (χ3n) is 2.50. The van der Waals surface area contributed by atoms with Crippen molar-refractivity contribution in [3.63, 3.8) is 0 Å². The number of urea groups is 1. The van der Waals surface area contributed by atoms with Crippen molar-refractivity contribution in [3.05, 3.63) is 42.7 Å². The Balaban J connectivity index is 2.44. The van der Waals surface area contributed by atoms with Crippen molar-refractivity contribution < 1.29 is 4.79 Å². The van der Waals surface area contributed by atoms with Gasteiger partial charge < -0.3 is 11.1 Å². The molecule has 19 heavy (non-hydrogen) atoms. The minimum atomic E-state index is -0.376. The molecule has 0 saturated heterocycles. The highest BCUT2D eigenvalue weighted by molar-refractivity contribution is 5.93. The number of nitrogens with two attached hydrogens (primary N) is 1. The number of pyridine rings is 1. The maximum atomic E-state index is 11.7. The zero-order chi connectivity index (χ0) is 14.1. The quantitative estimate of drug-likeness (QED) is 0.406. The van der Waals surface area contributed by atoms with E-state index >= 15 is 0 Å². The molecule has 1 rings (SSSR count). The zero-order valence-corrected chi connectivity index (χ0v) is 10.8.